The molecule has 31 heavy (non-hydrogen) atoms. The number of carbonyl (C=O) groups excluding carboxylic acids is 2. The van der Waals surface area contributed by atoms with Gasteiger partial charge in [0.25, 0.3) is 5.56 Å². The average molecular weight is 420 g/mol. The number of aromatic nitrogens is 2. The highest BCUT2D eigenvalue weighted by molar-refractivity contribution is 5.87. The molecule has 4 heterocycles. The maximum absolute atomic E-state index is 13.2. The first-order valence-electron chi connectivity index (χ1n) is 10.2. The molecular weight excluding hydrogens is 400 g/mol. The summed E-state index contributed by atoms with van der Waals surface area (Å²) in [6, 6.07) is 8.78. The molecule has 2 aliphatic rings. The van der Waals surface area contributed by atoms with Crippen LogP contribution in [0, 0.1) is 0 Å². The van der Waals surface area contributed by atoms with Crippen molar-refractivity contribution in [3.63, 3.8) is 0 Å². The summed E-state index contributed by atoms with van der Waals surface area (Å²) in [4.78, 5) is 41.7. The molecule has 0 aliphatic carbocycles. The summed E-state index contributed by atoms with van der Waals surface area (Å²) in [6.45, 7) is 3.55. The van der Waals surface area contributed by atoms with Crippen molar-refractivity contribution < 1.29 is 24.2 Å². The average Bonchev–Trinajstić information content (AvgIpc) is 3.13. The van der Waals surface area contributed by atoms with Gasteiger partial charge in [-0.15, -0.1) is 0 Å². The molecule has 1 aromatic carbocycles. The summed E-state index contributed by atoms with van der Waals surface area (Å²) in [5, 5.41) is 11.7. The Labute approximate surface area is 177 Å². The highest BCUT2D eigenvalue weighted by atomic mass is 16.6. The second-order valence-corrected chi connectivity index (χ2v) is 7.78. The van der Waals surface area contributed by atoms with Crippen LogP contribution in [-0.4, -0.2) is 26.6 Å². The van der Waals surface area contributed by atoms with E-state index in [4.69, 9.17) is 14.5 Å². The first-order chi connectivity index (χ1) is 14.9. The fraction of sp³-hybridized carbons (Fsp3) is 0.304. The molecule has 0 saturated heterocycles. The molecule has 3 aromatic rings. The zero-order valence-corrected chi connectivity index (χ0v) is 17.1. The molecule has 158 valence electrons. The second kappa shape index (κ2) is 6.75. The van der Waals surface area contributed by atoms with Crippen LogP contribution in [-0.2, 0) is 33.1 Å². The normalized spacial score (nSPS) is 18.9. The smallest absolute Gasteiger partial charge is 0.343 e. The lowest BCUT2D eigenvalue weighted by Gasteiger charge is -2.31. The van der Waals surface area contributed by atoms with Crippen molar-refractivity contribution in [3.05, 3.63) is 57.4 Å². The Morgan fingerprint density at radius 2 is 2.06 bits per heavy atom. The number of benzene rings is 1. The Bertz CT molecular complexity index is 1340. The minimum absolute atomic E-state index is 0.0962. The zero-order valence-electron chi connectivity index (χ0n) is 17.1. The second-order valence-electron chi connectivity index (χ2n) is 7.78. The van der Waals surface area contributed by atoms with E-state index < -0.39 is 11.6 Å². The number of pyridine rings is 2. The van der Waals surface area contributed by atoms with Crippen molar-refractivity contribution in [2.24, 2.45) is 0 Å². The summed E-state index contributed by atoms with van der Waals surface area (Å²) in [5.41, 5.74) is 1.13. The van der Waals surface area contributed by atoms with Gasteiger partial charge >= 0.3 is 11.9 Å². The Hall–Kier alpha value is -3.52. The van der Waals surface area contributed by atoms with Gasteiger partial charge in [-0.25, -0.2) is 9.78 Å². The van der Waals surface area contributed by atoms with Gasteiger partial charge in [0.1, 0.15) is 12.4 Å². The van der Waals surface area contributed by atoms with Gasteiger partial charge in [0.2, 0.25) is 0 Å². The molecule has 2 aromatic heterocycles. The lowest BCUT2D eigenvalue weighted by Crippen LogP contribution is -2.44. The summed E-state index contributed by atoms with van der Waals surface area (Å²) in [7, 11) is 0. The molecule has 0 fully saturated rings. The van der Waals surface area contributed by atoms with Crippen LogP contribution in [0.5, 0.6) is 5.75 Å². The van der Waals surface area contributed by atoms with Crippen LogP contribution in [0.1, 0.15) is 43.4 Å². The standard InChI is InChI=1S/C23H20N2O6/c1-3-19(26)31-14-5-6-17-12(8-14)7-13-10-25-18(20(13)24-17)9-16-15(21(25)27)11-30-22(28)23(16,29)4-2/h5-9,29H,3-4,10-11H2,1-2H3/t23-/m0/s1. The van der Waals surface area contributed by atoms with Crippen LogP contribution in [0.3, 0.4) is 0 Å². The van der Waals surface area contributed by atoms with Gasteiger partial charge < -0.3 is 19.1 Å². The summed E-state index contributed by atoms with van der Waals surface area (Å²) in [5.74, 6) is -0.628. The number of carbonyl (C=O) groups is 2. The van der Waals surface area contributed by atoms with E-state index in [1.807, 2.05) is 6.07 Å². The van der Waals surface area contributed by atoms with Gasteiger partial charge in [-0.05, 0) is 36.8 Å². The summed E-state index contributed by atoms with van der Waals surface area (Å²) < 4.78 is 12.0. The van der Waals surface area contributed by atoms with Crippen molar-refractivity contribution in [2.75, 3.05) is 0 Å². The van der Waals surface area contributed by atoms with Crippen LogP contribution in [0.4, 0.5) is 0 Å². The molecule has 0 amide bonds. The van der Waals surface area contributed by atoms with E-state index in [1.165, 1.54) is 0 Å². The van der Waals surface area contributed by atoms with E-state index in [0.29, 0.717) is 40.3 Å². The van der Waals surface area contributed by atoms with Crippen LogP contribution in [0.15, 0.2) is 35.1 Å². The lowest BCUT2D eigenvalue weighted by molar-refractivity contribution is -0.172. The predicted octanol–water partition coefficient (Wildman–Crippen LogP) is 2.39. The highest BCUT2D eigenvalue weighted by Gasteiger charge is 2.45. The van der Waals surface area contributed by atoms with Gasteiger partial charge in [-0.1, -0.05) is 13.8 Å². The molecular formula is C23H20N2O6. The molecule has 0 spiro atoms. The molecule has 0 saturated carbocycles. The van der Waals surface area contributed by atoms with E-state index in [2.05, 4.69) is 0 Å². The maximum atomic E-state index is 13.2. The van der Waals surface area contributed by atoms with Crippen molar-refractivity contribution in [1.29, 1.82) is 0 Å². The largest absolute Gasteiger partial charge is 0.458 e. The molecule has 0 bridgehead atoms. The Kier molecular flexibility index (Phi) is 4.23. The number of rotatable bonds is 3. The van der Waals surface area contributed by atoms with E-state index in [-0.39, 0.29) is 31.0 Å². The van der Waals surface area contributed by atoms with Crippen molar-refractivity contribution in [2.45, 2.75) is 45.4 Å². The predicted molar refractivity (Wildman–Crippen MR) is 110 cm³/mol. The number of nitrogens with zero attached hydrogens (tertiary/aromatic N) is 2. The zero-order chi connectivity index (χ0) is 21.9. The number of cyclic esters (lactones) is 1. The Morgan fingerprint density at radius 1 is 1.26 bits per heavy atom. The molecule has 1 atom stereocenters. The van der Waals surface area contributed by atoms with Crippen LogP contribution in [0.25, 0.3) is 22.3 Å². The van der Waals surface area contributed by atoms with E-state index in [9.17, 15) is 19.5 Å². The monoisotopic (exact) mass is 420 g/mol. The lowest BCUT2D eigenvalue weighted by atomic mass is 9.86. The summed E-state index contributed by atoms with van der Waals surface area (Å²) >= 11 is 0. The Balaban J connectivity index is 1.66. The fourth-order valence-corrected chi connectivity index (χ4v) is 4.23. The first-order valence-corrected chi connectivity index (χ1v) is 10.2. The summed E-state index contributed by atoms with van der Waals surface area (Å²) in [6.07, 6.45) is 0.374. The number of esters is 2. The number of ether oxygens (including phenoxy) is 2. The molecule has 1 N–H and O–H groups in total. The minimum Gasteiger partial charge on any atom is -0.458 e. The molecule has 0 radical (unpaired) electrons. The van der Waals surface area contributed by atoms with Gasteiger partial charge in [0.05, 0.1) is 29.0 Å². The Morgan fingerprint density at radius 3 is 2.81 bits per heavy atom. The number of fused-ring (bicyclic) bond motifs is 5. The minimum atomic E-state index is -1.85. The molecule has 0 unspecified atom stereocenters. The highest BCUT2D eigenvalue weighted by Crippen LogP contribution is 2.38. The SMILES string of the molecule is CCC(=O)Oc1ccc2nc3c(cc2c1)Cn1c-3cc2c(c1=O)COC(=O)[C@]2(O)CC. The van der Waals surface area contributed by atoms with Crippen molar-refractivity contribution >= 4 is 22.8 Å². The first kappa shape index (κ1) is 19.4. The molecule has 5 rings (SSSR count). The third-order valence-corrected chi connectivity index (χ3v) is 6.00. The third kappa shape index (κ3) is 2.79. The van der Waals surface area contributed by atoms with Crippen molar-refractivity contribution in [3.8, 4) is 17.1 Å². The quantitative estimate of drug-likeness (QED) is 0.400. The van der Waals surface area contributed by atoms with E-state index in [0.717, 1.165) is 10.9 Å². The molecule has 8 heteroatoms. The third-order valence-electron chi connectivity index (χ3n) is 6.00. The van der Waals surface area contributed by atoms with Crippen LogP contribution in [0.2, 0.25) is 0 Å². The fourth-order valence-electron chi connectivity index (χ4n) is 4.23. The van der Waals surface area contributed by atoms with E-state index in [1.54, 1.807) is 42.7 Å². The van der Waals surface area contributed by atoms with Gasteiger partial charge in [0, 0.05) is 22.9 Å². The van der Waals surface area contributed by atoms with Gasteiger partial charge in [0.15, 0.2) is 5.60 Å². The molecule has 8 nitrogen and oxygen atoms in total. The topological polar surface area (TPSA) is 108 Å². The van der Waals surface area contributed by atoms with E-state index >= 15 is 0 Å². The number of hydrogen-bond acceptors (Lipinski definition) is 7. The van der Waals surface area contributed by atoms with Crippen LogP contribution < -0.4 is 10.3 Å². The molecule has 2 aliphatic heterocycles. The van der Waals surface area contributed by atoms with Gasteiger partial charge in [-0.2, -0.15) is 0 Å². The van der Waals surface area contributed by atoms with Crippen molar-refractivity contribution in [1.82, 2.24) is 9.55 Å². The van der Waals surface area contributed by atoms with Crippen LogP contribution >= 0.6 is 0 Å². The number of aliphatic hydroxyl groups is 1. The van der Waals surface area contributed by atoms with Gasteiger partial charge in [-0.3, -0.25) is 9.59 Å². The number of hydrogen-bond donors (Lipinski definition) is 1. The maximum Gasteiger partial charge on any atom is 0.343 e.